The molecule has 0 aliphatic carbocycles. The summed E-state index contributed by atoms with van der Waals surface area (Å²) in [6.45, 7) is 1.85. The summed E-state index contributed by atoms with van der Waals surface area (Å²) >= 11 is 9.93. The standard InChI is InChI=1S/C13H10Br3NO2S/c1-8-10(15)3-2-4-12(8)17-20(18,19)13-7-9(14)5-6-11(13)16/h2-7,17H,1H3. The Bertz CT molecular complexity index is 760. The smallest absolute Gasteiger partial charge is 0.263 e. The van der Waals surface area contributed by atoms with E-state index in [0.29, 0.717) is 14.6 Å². The molecule has 7 heteroatoms. The van der Waals surface area contributed by atoms with Crippen LogP contribution in [0.3, 0.4) is 0 Å². The molecule has 3 nitrogen and oxygen atoms in total. The number of halogens is 3. The van der Waals surface area contributed by atoms with Gasteiger partial charge in [0.15, 0.2) is 0 Å². The van der Waals surface area contributed by atoms with E-state index in [1.54, 1.807) is 30.3 Å². The monoisotopic (exact) mass is 481 g/mol. The van der Waals surface area contributed by atoms with Crippen molar-refractivity contribution in [3.63, 3.8) is 0 Å². The number of anilines is 1. The molecule has 0 saturated heterocycles. The molecule has 0 radical (unpaired) electrons. The van der Waals surface area contributed by atoms with E-state index < -0.39 is 10.0 Å². The van der Waals surface area contributed by atoms with Gasteiger partial charge in [-0.2, -0.15) is 0 Å². The number of hydrogen-bond acceptors (Lipinski definition) is 2. The molecule has 0 unspecified atom stereocenters. The molecule has 2 aromatic carbocycles. The van der Waals surface area contributed by atoms with Crippen LogP contribution in [0.5, 0.6) is 0 Å². The third-order valence-electron chi connectivity index (χ3n) is 2.69. The Morgan fingerprint density at radius 2 is 1.70 bits per heavy atom. The average molecular weight is 484 g/mol. The van der Waals surface area contributed by atoms with Gasteiger partial charge in [0, 0.05) is 13.4 Å². The Kier molecular flexibility index (Phi) is 4.94. The normalized spacial score (nSPS) is 11.4. The largest absolute Gasteiger partial charge is 0.279 e. The van der Waals surface area contributed by atoms with Gasteiger partial charge in [0.2, 0.25) is 0 Å². The van der Waals surface area contributed by atoms with Crippen molar-refractivity contribution < 1.29 is 8.42 Å². The molecular formula is C13H10Br3NO2S. The fourth-order valence-corrected chi connectivity index (χ4v) is 4.59. The summed E-state index contributed by atoms with van der Waals surface area (Å²) in [7, 11) is -3.65. The lowest BCUT2D eigenvalue weighted by atomic mass is 10.2. The van der Waals surface area contributed by atoms with Gasteiger partial charge < -0.3 is 0 Å². The van der Waals surface area contributed by atoms with Crippen LogP contribution >= 0.6 is 47.8 Å². The zero-order valence-electron chi connectivity index (χ0n) is 10.3. The molecule has 0 spiro atoms. The minimum atomic E-state index is -3.65. The summed E-state index contributed by atoms with van der Waals surface area (Å²) in [6, 6.07) is 10.4. The molecule has 0 saturated carbocycles. The maximum atomic E-state index is 12.5. The van der Waals surface area contributed by atoms with Gasteiger partial charge in [0.1, 0.15) is 4.90 Å². The summed E-state index contributed by atoms with van der Waals surface area (Å²) in [6.07, 6.45) is 0. The van der Waals surface area contributed by atoms with Gasteiger partial charge in [-0.25, -0.2) is 8.42 Å². The van der Waals surface area contributed by atoms with E-state index in [1.807, 2.05) is 13.0 Å². The zero-order valence-corrected chi connectivity index (χ0v) is 15.9. The molecule has 0 bridgehead atoms. The Balaban J connectivity index is 2.46. The summed E-state index contributed by atoms with van der Waals surface area (Å²) < 4.78 is 29.6. The topological polar surface area (TPSA) is 46.2 Å². The highest BCUT2D eigenvalue weighted by atomic mass is 79.9. The van der Waals surface area contributed by atoms with Crippen LogP contribution in [0, 0.1) is 6.92 Å². The van der Waals surface area contributed by atoms with Gasteiger partial charge in [0.25, 0.3) is 10.0 Å². The van der Waals surface area contributed by atoms with Crippen LogP contribution in [0.4, 0.5) is 5.69 Å². The average Bonchev–Trinajstić information content (AvgIpc) is 2.37. The fourth-order valence-electron chi connectivity index (χ4n) is 1.60. The minimum Gasteiger partial charge on any atom is -0.279 e. The molecule has 2 rings (SSSR count). The lowest BCUT2D eigenvalue weighted by molar-refractivity contribution is 0.600. The number of hydrogen-bond donors (Lipinski definition) is 1. The summed E-state index contributed by atoms with van der Waals surface area (Å²) in [5.41, 5.74) is 1.38. The molecule has 2 aromatic rings. The molecule has 0 aliphatic rings. The van der Waals surface area contributed by atoms with Crippen molar-refractivity contribution >= 4 is 63.5 Å². The highest BCUT2D eigenvalue weighted by Gasteiger charge is 2.19. The van der Waals surface area contributed by atoms with Crippen molar-refractivity contribution in [2.24, 2.45) is 0 Å². The van der Waals surface area contributed by atoms with Crippen LogP contribution in [0.25, 0.3) is 0 Å². The van der Waals surface area contributed by atoms with E-state index in [-0.39, 0.29) is 4.90 Å². The molecule has 0 heterocycles. The van der Waals surface area contributed by atoms with Crippen molar-refractivity contribution in [2.75, 3.05) is 4.72 Å². The van der Waals surface area contributed by atoms with E-state index in [1.165, 1.54) is 0 Å². The van der Waals surface area contributed by atoms with Gasteiger partial charge >= 0.3 is 0 Å². The van der Waals surface area contributed by atoms with E-state index in [0.717, 1.165) is 10.0 Å². The molecule has 0 atom stereocenters. The van der Waals surface area contributed by atoms with Crippen LogP contribution < -0.4 is 4.72 Å². The molecule has 0 fully saturated rings. The number of nitrogens with one attached hydrogen (secondary N) is 1. The molecule has 0 aromatic heterocycles. The predicted molar refractivity (Wildman–Crippen MR) is 91.5 cm³/mol. The second-order valence-corrected chi connectivity index (χ2v) is 8.37. The van der Waals surface area contributed by atoms with Crippen LogP contribution in [0.1, 0.15) is 5.56 Å². The Hall–Kier alpha value is -0.370. The van der Waals surface area contributed by atoms with Crippen LogP contribution in [-0.4, -0.2) is 8.42 Å². The fraction of sp³-hybridized carbons (Fsp3) is 0.0769. The number of benzene rings is 2. The van der Waals surface area contributed by atoms with Crippen molar-refractivity contribution in [3.8, 4) is 0 Å². The molecule has 0 aliphatic heterocycles. The van der Waals surface area contributed by atoms with E-state index in [9.17, 15) is 8.42 Å². The van der Waals surface area contributed by atoms with Gasteiger partial charge in [-0.1, -0.05) is 37.9 Å². The molecular weight excluding hydrogens is 474 g/mol. The predicted octanol–water partition coefficient (Wildman–Crippen LogP) is 5.08. The summed E-state index contributed by atoms with van der Waals surface area (Å²) in [5, 5.41) is 0. The van der Waals surface area contributed by atoms with E-state index >= 15 is 0 Å². The third kappa shape index (κ3) is 3.44. The van der Waals surface area contributed by atoms with Crippen molar-refractivity contribution in [3.05, 3.63) is 55.4 Å². The maximum absolute atomic E-state index is 12.5. The third-order valence-corrected chi connectivity index (χ3v) is 6.41. The minimum absolute atomic E-state index is 0.186. The Morgan fingerprint density at radius 1 is 1.00 bits per heavy atom. The second kappa shape index (κ2) is 6.17. The number of sulfonamides is 1. The Morgan fingerprint density at radius 3 is 2.40 bits per heavy atom. The first-order valence-corrected chi connectivity index (χ1v) is 9.40. The van der Waals surface area contributed by atoms with Gasteiger partial charge in [0.05, 0.1) is 5.69 Å². The maximum Gasteiger partial charge on any atom is 0.263 e. The lowest BCUT2D eigenvalue weighted by Gasteiger charge is -2.12. The van der Waals surface area contributed by atoms with E-state index in [2.05, 4.69) is 52.5 Å². The summed E-state index contributed by atoms with van der Waals surface area (Å²) in [4.78, 5) is 0.186. The zero-order chi connectivity index (χ0) is 14.9. The van der Waals surface area contributed by atoms with Crippen molar-refractivity contribution in [1.29, 1.82) is 0 Å². The van der Waals surface area contributed by atoms with Gasteiger partial charge in [-0.05, 0) is 58.7 Å². The summed E-state index contributed by atoms with van der Waals surface area (Å²) in [5.74, 6) is 0. The highest BCUT2D eigenvalue weighted by Crippen LogP contribution is 2.30. The van der Waals surface area contributed by atoms with Gasteiger partial charge in [-0.15, -0.1) is 0 Å². The quantitative estimate of drug-likeness (QED) is 0.661. The Labute approximate surface area is 143 Å². The van der Waals surface area contributed by atoms with Crippen LogP contribution in [-0.2, 0) is 10.0 Å². The highest BCUT2D eigenvalue weighted by molar-refractivity contribution is 9.11. The molecule has 0 amide bonds. The van der Waals surface area contributed by atoms with Crippen molar-refractivity contribution in [2.45, 2.75) is 11.8 Å². The molecule has 1 N–H and O–H groups in total. The van der Waals surface area contributed by atoms with Crippen LogP contribution in [0.15, 0.2) is 54.7 Å². The first-order chi connectivity index (χ1) is 9.31. The van der Waals surface area contributed by atoms with Crippen molar-refractivity contribution in [1.82, 2.24) is 0 Å². The van der Waals surface area contributed by atoms with Gasteiger partial charge in [-0.3, -0.25) is 4.72 Å². The first kappa shape index (κ1) is 16.0. The second-order valence-electron chi connectivity index (χ2n) is 4.09. The number of rotatable bonds is 3. The lowest BCUT2D eigenvalue weighted by Crippen LogP contribution is -2.14. The SMILES string of the molecule is Cc1c(Br)cccc1NS(=O)(=O)c1cc(Br)ccc1Br. The first-order valence-electron chi connectivity index (χ1n) is 5.54. The molecule has 20 heavy (non-hydrogen) atoms. The van der Waals surface area contributed by atoms with E-state index in [4.69, 9.17) is 0 Å². The van der Waals surface area contributed by atoms with Crippen LogP contribution in [0.2, 0.25) is 0 Å². The molecule has 106 valence electrons.